The maximum Gasteiger partial charge on any atom is 0.142 e. The predicted molar refractivity (Wildman–Crippen MR) is 126 cm³/mol. The number of hydrogen-bond donors (Lipinski definition) is 2. The van der Waals surface area contributed by atoms with Gasteiger partial charge >= 0.3 is 0 Å². The van der Waals surface area contributed by atoms with Gasteiger partial charge in [0, 0.05) is 22.8 Å². The Hall–Kier alpha value is -4.09. The number of fused-ring (bicyclic) bond motifs is 1. The highest BCUT2D eigenvalue weighted by Crippen LogP contribution is 2.28. The SMILES string of the molecule is C#C.Cc1cnc(-c2ccc(N)c(Cc3nc4c(-c5cccc(F)c5)cncc4[nH]3)n2)s1. The van der Waals surface area contributed by atoms with Crippen LogP contribution in [0.5, 0.6) is 0 Å². The predicted octanol–water partition coefficient (Wildman–Crippen LogP) is 5.01. The summed E-state index contributed by atoms with van der Waals surface area (Å²) < 4.78 is 13.7. The second-order valence-electron chi connectivity index (χ2n) is 6.96. The lowest BCUT2D eigenvalue weighted by atomic mass is 10.1. The number of aromatic nitrogens is 5. The lowest BCUT2D eigenvalue weighted by Gasteiger charge is -2.05. The molecule has 1 aromatic carbocycles. The molecule has 0 saturated carbocycles. The fourth-order valence-electron chi connectivity index (χ4n) is 3.34. The van der Waals surface area contributed by atoms with Gasteiger partial charge in [0.2, 0.25) is 0 Å². The molecule has 0 spiro atoms. The number of nitrogen functional groups attached to an aromatic ring is 1. The maximum atomic E-state index is 13.7. The van der Waals surface area contributed by atoms with Gasteiger partial charge in [0.1, 0.15) is 16.6 Å². The van der Waals surface area contributed by atoms with E-state index in [2.05, 4.69) is 27.8 Å². The lowest BCUT2D eigenvalue weighted by Crippen LogP contribution is -2.01. The van der Waals surface area contributed by atoms with Crippen LogP contribution < -0.4 is 5.73 Å². The number of anilines is 1. The number of aromatic amines is 1. The number of nitrogens with zero attached hydrogens (tertiary/aromatic N) is 4. The summed E-state index contributed by atoms with van der Waals surface area (Å²) in [6.07, 6.45) is 13.7. The number of hydrogen-bond acceptors (Lipinski definition) is 6. The number of H-pyrrole nitrogens is 1. The lowest BCUT2D eigenvalue weighted by molar-refractivity contribution is 0.628. The van der Waals surface area contributed by atoms with Crippen molar-refractivity contribution in [2.75, 3.05) is 5.73 Å². The first-order valence-corrected chi connectivity index (χ1v) is 10.5. The van der Waals surface area contributed by atoms with Gasteiger partial charge in [-0.25, -0.2) is 19.3 Å². The first-order valence-electron chi connectivity index (χ1n) is 9.67. The van der Waals surface area contributed by atoms with E-state index in [9.17, 15) is 4.39 Å². The number of nitrogens with one attached hydrogen (secondary N) is 1. The largest absolute Gasteiger partial charge is 0.397 e. The Balaban J connectivity index is 0.00000119. The van der Waals surface area contributed by atoms with Crippen LogP contribution in [0.3, 0.4) is 0 Å². The van der Waals surface area contributed by atoms with Crippen molar-refractivity contribution in [3.8, 4) is 34.7 Å². The van der Waals surface area contributed by atoms with E-state index in [4.69, 9.17) is 15.7 Å². The van der Waals surface area contributed by atoms with Gasteiger partial charge in [0.15, 0.2) is 0 Å². The van der Waals surface area contributed by atoms with Crippen LogP contribution in [0.2, 0.25) is 0 Å². The molecule has 0 aliphatic rings. The summed E-state index contributed by atoms with van der Waals surface area (Å²) >= 11 is 1.59. The third-order valence-corrected chi connectivity index (χ3v) is 5.70. The van der Waals surface area contributed by atoms with Gasteiger partial charge in [-0.2, -0.15) is 0 Å². The second-order valence-corrected chi connectivity index (χ2v) is 8.20. The maximum absolute atomic E-state index is 13.7. The molecule has 0 bridgehead atoms. The van der Waals surface area contributed by atoms with Crippen molar-refractivity contribution in [3.63, 3.8) is 0 Å². The average molecular weight is 443 g/mol. The van der Waals surface area contributed by atoms with Crippen LogP contribution in [-0.4, -0.2) is 24.9 Å². The Kier molecular flexibility index (Phi) is 5.92. The van der Waals surface area contributed by atoms with Crippen LogP contribution >= 0.6 is 11.3 Å². The molecule has 3 N–H and O–H groups in total. The Morgan fingerprint density at radius 3 is 2.69 bits per heavy atom. The Morgan fingerprint density at radius 2 is 1.94 bits per heavy atom. The van der Waals surface area contributed by atoms with Gasteiger partial charge in [-0.3, -0.25) is 4.98 Å². The molecule has 8 heteroatoms. The van der Waals surface area contributed by atoms with Crippen molar-refractivity contribution < 1.29 is 4.39 Å². The van der Waals surface area contributed by atoms with Gasteiger partial charge in [0.25, 0.3) is 0 Å². The highest BCUT2D eigenvalue weighted by Gasteiger charge is 2.14. The molecule has 0 radical (unpaired) electrons. The van der Waals surface area contributed by atoms with E-state index in [0.717, 1.165) is 43.4 Å². The molecule has 32 heavy (non-hydrogen) atoms. The van der Waals surface area contributed by atoms with Gasteiger partial charge in [-0.1, -0.05) is 12.1 Å². The standard InChI is InChI=1S/C22H17FN6S.C2H2/c1-12-9-26-22(30-12)17-6-5-16(24)18(27-17)8-20-28-19-11-25-10-15(21(19)29-20)13-3-2-4-14(23)7-13;1-2/h2-7,9-11H,8,24H2,1H3,(H,28,29);1-2H. The summed E-state index contributed by atoms with van der Waals surface area (Å²) in [5.74, 6) is 0.411. The molecular formula is C24H19FN6S. The van der Waals surface area contributed by atoms with E-state index in [1.165, 1.54) is 12.1 Å². The topological polar surface area (TPSA) is 93.4 Å². The minimum atomic E-state index is -0.300. The highest BCUT2D eigenvalue weighted by atomic mass is 32.1. The van der Waals surface area contributed by atoms with Crippen LogP contribution in [0.15, 0.2) is 55.0 Å². The van der Waals surface area contributed by atoms with Gasteiger partial charge in [-0.15, -0.1) is 24.2 Å². The fourth-order valence-corrected chi connectivity index (χ4v) is 4.07. The number of terminal acetylenes is 1. The average Bonchev–Trinajstić information content (AvgIpc) is 3.42. The molecule has 0 fully saturated rings. The molecule has 5 aromatic rings. The molecule has 0 aliphatic heterocycles. The summed E-state index contributed by atoms with van der Waals surface area (Å²) in [5, 5.41) is 0.857. The number of halogens is 1. The second kappa shape index (κ2) is 8.96. The molecule has 158 valence electrons. The monoisotopic (exact) mass is 442 g/mol. The normalized spacial score (nSPS) is 10.6. The minimum absolute atomic E-state index is 0.300. The van der Waals surface area contributed by atoms with E-state index in [1.807, 2.05) is 31.3 Å². The van der Waals surface area contributed by atoms with Gasteiger partial charge in [-0.05, 0) is 36.8 Å². The summed E-state index contributed by atoms with van der Waals surface area (Å²) in [4.78, 5) is 22.5. The number of benzene rings is 1. The Labute approximate surface area is 188 Å². The molecule has 0 amide bonds. The first kappa shape index (κ1) is 21.2. The third-order valence-electron chi connectivity index (χ3n) is 4.76. The van der Waals surface area contributed by atoms with Crippen LogP contribution in [0, 0.1) is 25.6 Å². The molecule has 5 rings (SSSR count). The highest BCUT2D eigenvalue weighted by molar-refractivity contribution is 7.14. The number of rotatable bonds is 4. The summed E-state index contributed by atoms with van der Waals surface area (Å²) in [7, 11) is 0. The quantitative estimate of drug-likeness (QED) is 0.382. The zero-order valence-corrected chi connectivity index (χ0v) is 18.0. The molecule has 6 nitrogen and oxygen atoms in total. The number of aryl methyl sites for hydroxylation is 1. The molecular weight excluding hydrogens is 423 g/mol. The van der Waals surface area contributed by atoms with E-state index in [-0.39, 0.29) is 5.82 Å². The smallest absolute Gasteiger partial charge is 0.142 e. The van der Waals surface area contributed by atoms with Crippen molar-refractivity contribution in [2.45, 2.75) is 13.3 Å². The number of pyridine rings is 2. The van der Waals surface area contributed by atoms with Crippen LogP contribution in [0.4, 0.5) is 10.1 Å². The van der Waals surface area contributed by atoms with Crippen molar-refractivity contribution in [1.29, 1.82) is 0 Å². The molecule has 0 aliphatic carbocycles. The first-order chi connectivity index (χ1) is 15.6. The van der Waals surface area contributed by atoms with Crippen molar-refractivity contribution in [2.24, 2.45) is 0 Å². The summed E-state index contributed by atoms with van der Waals surface area (Å²) in [5.41, 5.74) is 11.3. The molecule has 4 heterocycles. The fraction of sp³-hybridized carbons (Fsp3) is 0.0833. The Morgan fingerprint density at radius 1 is 1.09 bits per heavy atom. The van der Waals surface area contributed by atoms with Crippen LogP contribution in [-0.2, 0) is 6.42 Å². The van der Waals surface area contributed by atoms with Crippen molar-refractivity contribution >= 4 is 28.1 Å². The third kappa shape index (κ3) is 4.19. The number of imidazole rings is 1. The van der Waals surface area contributed by atoms with E-state index in [1.54, 1.807) is 29.8 Å². The van der Waals surface area contributed by atoms with Crippen molar-refractivity contribution in [3.05, 3.63) is 77.2 Å². The van der Waals surface area contributed by atoms with E-state index >= 15 is 0 Å². The van der Waals surface area contributed by atoms with E-state index < -0.39 is 0 Å². The van der Waals surface area contributed by atoms with Crippen LogP contribution in [0.25, 0.3) is 32.9 Å². The van der Waals surface area contributed by atoms with Gasteiger partial charge < -0.3 is 10.7 Å². The molecule has 0 atom stereocenters. The van der Waals surface area contributed by atoms with Gasteiger partial charge in [0.05, 0.1) is 40.7 Å². The molecule has 4 aromatic heterocycles. The summed E-state index contributed by atoms with van der Waals surface area (Å²) in [6, 6.07) is 10.1. The minimum Gasteiger partial charge on any atom is -0.397 e. The molecule has 0 unspecified atom stereocenters. The number of thiazole rings is 1. The van der Waals surface area contributed by atoms with Crippen LogP contribution in [0.1, 0.15) is 16.4 Å². The zero-order valence-electron chi connectivity index (χ0n) is 17.2. The molecule has 0 saturated heterocycles. The number of nitrogens with two attached hydrogens (primary N) is 1. The summed E-state index contributed by atoms with van der Waals surface area (Å²) in [6.45, 7) is 2.01. The zero-order chi connectivity index (χ0) is 22.7. The van der Waals surface area contributed by atoms with Crippen molar-refractivity contribution in [1.82, 2.24) is 24.9 Å². The Bertz CT molecular complexity index is 1420. The van der Waals surface area contributed by atoms with E-state index in [0.29, 0.717) is 17.9 Å².